The first kappa shape index (κ1) is 24.6. The summed E-state index contributed by atoms with van der Waals surface area (Å²) in [6.45, 7) is 5.57. The van der Waals surface area contributed by atoms with Crippen LogP contribution in [0.25, 0.3) is 11.3 Å². The van der Waals surface area contributed by atoms with Crippen molar-refractivity contribution in [1.29, 1.82) is 0 Å². The van der Waals surface area contributed by atoms with Gasteiger partial charge in [-0.1, -0.05) is 80.6 Å². The average molecular weight is 496 g/mol. The zero-order valence-corrected chi connectivity index (χ0v) is 21.6. The van der Waals surface area contributed by atoms with Crippen molar-refractivity contribution in [3.63, 3.8) is 0 Å². The van der Waals surface area contributed by atoms with Crippen LogP contribution in [0, 0.1) is 5.92 Å². The van der Waals surface area contributed by atoms with Gasteiger partial charge in [-0.3, -0.25) is 9.89 Å². The molecule has 1 aromatic heterocycles. The van der Waals surface area contributed by atoms with Gasteiger partial charge in [-0.05, 0) is 42.0 Å². The fourth-order valence-corrected chi connectivity index (χ4v) is 4.86. The smallest absolute Gasteiger partial charge is 0.273 e. The lowest BCUT2D eigenvalue weighted by Gasteiger charge is -2.27. The van der Waals surface area contributed by atoms with E-state index in [1.54, 1.807) is 7.11 Å². The van der Waals surface area contributed by atoms with Gasteiger partial charge in [0.05, 0.1) is 25.5 Å². The lowest BCUT2D eigenvalue weighted by molar-refractivity contribution is 0.0745. The molecule has 3 aromatic carbocycles. The molecule has 0 saturated carbocycles. The van der Waals surface area contributed by atoms with Gasteiger partial charge in [-0.25, -0.2) is 0 Å². The van der Waals surface area contributed by atoms with E-state index >= 15 is 0 Å². The molecule has 6 heteroatoms. The number of fused-ring (bicyclic) bond motifs is 1. The van der Waals surface area contributed by atoms with E-state index in [1.165, 1.54) is 5.56 Å². The highest BCUT2D eigenvalue weighted by atomic mass is 16.5. The highest BCUT2D eigenvalue weighted by molar-refractivity contribution is 6.00. The van der Waals surface area contributed by atoms with Crippen molar-refractivity contribution in [2.45, 2.75) is 32.7 Å². The van der Waals surface area contributed by atoms with Crippen molar-refractivity contribution in [3.8, 4) is 22.8 Å². The summed E-state index contributed by atoms with van der Waals surface area (Å²) in [5, 5.41) is 7.62. The number of nitrogens with one attached hydrogen (secondary N) is 1. The van der Waals surface area contributed by atoms with Crippen molar-refractivity contribution in [2.24, 2.45) is 5.92 Å². The van der Waals surface area contributed by atoms with Crippen molar-refractivity contribution in [3.05, 3.63) is 101 Å². The van der Waals surface area contributed by atoms with Gasteiger partial charge in [-0.15, -0.1) is 0 Å². The summed E-state index contributed by atoms with van der Waals surface area (Å²) in [4.78, 5) is 15.6. The highest BCUT2D eigenvalue weighted by Gasteiger charge is 2.42. The molecule has 0 bridgehead atoms. The number of carbonyl (C=O) groups excluding carboxylic acids is 1. The maximum atomic E-state index is 13.7. The molecule has 1 atom stereocenters. The molecule has 6 nitrogen and oxygen atoms in total. The maximum absolute atomic E-state index is 13.7. The van der Waals surface area contributed by atoms with Crippen LogP contribution in [0.3, 0.4) is 0 Å². The Morgan fingerprint density at radius 1 is 0.973 bits per heavy atom. The van der Waals surface area contributed by atoms with Gasteiger partial charge in [-0.2, -0.15) is 5.10 Å². The number of hydrogen-bond donors (Lipinski definition) is 1. The molecule has 2 heterocycles. The van der Waals surface area contributed by atoms with E-state index in [2.05, 4.69) is 36.2 Å². The molecule has 1 aliphatic heterocycles. The Morgan fingerprint density at radius 3 is 2.41 bits per heavy atom. The number of ether oxygens (including phenoxy) is 2. The van der Waals surface area contributed by atoms with Crippen LogP contribution in [0.5, 0.6) is 11.5 Å². The first-order valence-corrected chi connectivity index (χ1v) is 12.9. The Hall–Kier alpha value is -4.06. The summed E-state index contributed by atoms with van der Waals surface area (Å²) >= 11 is 0. The van der Waals surface area contributed by atoms with Gasteiger partial charge in [0.25, 0.3) is 5.91 Å². The summed E-state index contributed by atoms with van der Waals surface area (Å²) < 4.78 is 11.8. The molecule has 0 radical (unpaired) electrons. The van der Waals surface area contributed by atoms with Gasteiger partial charge in [0.2, 0.25) is 0 Å². The summed E-state index contributed by atoms with van der Waals surface area (Å²) in [7, 11) is 1.65. The van der Waals surface area contributed by atoms with Crippen LogP contribution in [-0.4, -0.2) is 41.3 Å². The summed E-state index contributed by atoms with van der Waals surface area (Å²) in [5.74, 6) is 1.89. The standard InChI is InChI=1S/C31H33N3O3/c1-21(2)17-19-37-25-15-14-24(20-26(25)36-3)30-27-28(23-12-8-5-9-13-23)32-33-29(27)31(35)34(30)18-16-22-10-6-4-7-11-22/h4-15,20-21,30H,16-19H2,1-3H3,(H,32,33). The maximum Gasteiger partial charge on any atom is 0.273 e. The first-order chi connectivity index (χ1) is 18.1. The van der Waals surface area contributed by atoms with Crippen LogP contribution in [0.1, 0.15) is 53.5 Å². The number of rotatable bonds is 10. The Balaban J connectivity index is 1.53. The molecule has 1 amide bonds. The Labute approximate surface area is 218 Å². The summed E-state index contributed by atoms with van der Waals surface area (Å²) in [6, 6.07) is 26.0. The molecule has 4 aromatic rings. The number of aromatic nitrogens is 2. The van der Waals surface area contributed by atoms with E-state index in [0.717, 1.165) is 35.2 Å². The number of hydrogen-bond acceptors (Lipinski definition) is 4. The Kier molecular flexibility index (Phi) is 7.26. The van der Waals surface area contributed by atoms with Crippen LogP contribution in [-0.2, 0) is 6.42 Å². The SMILES string of the molecule is COc1cc(C2c3c(-c4ccccc4)n[nH]c3C(=O)N2CCc2ccccc2)ccc1OCCC(C)C. The molecule has 0 fully saturated rings. The van der Waals surface area contributed by atoms with Crippen molar-refractivity contribution in [2.75, 3.05) is 20.3 Å². The van der Waals surface area contributed by atoms with E-state index in [0.29, 0.717) is 36.3 Å². The predicted molar refractivity (Wildman–Crippen MR) is 145 cm³/mol. The highest BCUT2D eigenvalue weighted by Crippen LogP contribution is 2.44. The van der Waals surface area contributed by atoms with E-state index in [1.807, 2.05) is 71.6 Å². The zero-order chi connectivity index (χ0) is 25.8. The molecule has 0 saturated heterocycles. The fourth-order valence-electron chi connectivity index (χ4n) is 4.86. The molecule has 1 N–H and O–H groups in total. The zero-order valence-electron chi connectivity index (χ0n) is 21.6. The Morgan fingerprint density at radius 2 is 1.70 bits per heavy atom. The molecular weight excluding hydrogens is 462 g/mol. The lowest BCUT2D eigenvalue weighted by atomic mass is 9.95. The van der Waals surface area contributed by atoms with Gasteiger partial charge in [0.1, 0.15) is 5.69 Å². The molecular formula is C31H33N3O3. The van der Waals surface area contributed by atoms with Crippen LogP contribution < -0.4 is 9.47 Å². The van der Waals surface area contributed by atoms with Crippen LogP contribution in [0.4, 0.5) is 0 Å². The number of carbonyl (C=O) groups is 1. The van der Waals surface area contributed by atoms with E-state index in [4.69, 9.17) is 9.47 Å². The number of nitrogens with zero attached hydrogens (tertiary/aromatic N) is 2. The van der Waals surface area contributed by atoms with Crippen LogP contribution >= 0.6 is 0 Å². The minimum Gasteiger partial charge on any atom is -0.493 e. The molecule has 0 spiro atoms. The number of H-pyrrole nitrogens is 1. The third-order valence-electron chi connectivity index (χ3n) is 6.85. The van der Waals surface area contributed by atoms with Crippen molar-refractivity contribution >= 4 is 5.91 Å². The van der Waals surface area contributed by atoms with E-state index in [-0.39, 0.29) is 11.9 Å². The molecule has 190 valence electrons. The summed E-state index contributed by atoms with van der Waals surface area (Å²) in [5.41, 5.74) is 5.38. The largest absolute Gasteiger partial charge is 0.493 e. The molecule has 5 rings (SSSR count). The Bertz CT molecular complexity index is 1350. The predicted octanol–water partition coefficient (Wildman–Crippen LogP) is 6.30. The third kappa shape index (κ3) is 5.10. The topological polar surface area (TPSA) is 67.5 Å². The first-order valence-electron chi connectivity index (χ1n) is 12.9. The van der Waals surface area contributed by atoms with Crippen molar-refractivity contribution in [1.82, 2.24) is 15.1 Å². The minimum atomic E-state index is -0.293. The average Bonchev–Trinajstić information content (AvgIpc) is 3.47. The number of methoxy groups -OCH3 is 1. The van der Waals surface area contributed by atoms with E-state index < -0.39 is 0 Å². The van der Waals surface area contributed by atoms with E-state index in [9.17, 15) is 4.79 Å². The second-order valence-electron chi connectivity index (χ2n) is 9.80. The number of benzene rings is 3. The number of amides is 1. The quantitative estimate of drug-likeness (QED) is 0.280. The van der Waals surface area contributed by atoms with Gasteiger partial charge >= 0.3 is 0 Å². The van der Waals surface area contributed by atoms with Gasteiger partial charge < -0.3 is 14.4 Å². The monoisotopic (exact) mass is 495 g/mol. The lowest BCUT2D eigenvalue weighted by Crippen LogP contribution is -2.31. The fraction of sp³-hybridized carbons (Fsp3) is 0.290. The molecule has 37 heavy (non-hydrogen) atoms. The number of aromatic amines is 1. The third-order valence-corrected chi connectivity index (χ3v) is 6.85. The van der Waals surface area contributed by atoms with Crippen molar-refractivity contribution < 1.29 is 14.3 Å². The van der Waals surface area contributed by atoms with Gasteiger partial charge in [0, 0.05) is 17.7 Å². The second kappa shape index (κ2) is 10.9. The molecule has 1 aliphatic rings. The summed E-state index contributed by atoms with van der Waals surface area (Å²) in [6.07, 6.45) is 1.73. The minimum absolute atomic E-state index is 0.0400. The normalized spacial score (nSPS) is 14.8. The molecule has 0 aliphatic carbocycles. The van der Waals surface area contributed by atoms with Crippen LogP contribution in [0.2, 0.25) is 0 Å². The molecule has 1 unspecified atom stereocenters. The van der Waals surface area contributed by atoms with Crippen LogP contribution in [0.15, 0.2) is 78.9 Å². The second-order valence-corrected chi connectivity index (χ2v) is 9.80. The van der Waals surface area contributed by atoms with Gasteiger partial charge in [0.15, 0.2) is 11.5 Å².